The SMILES string of the molecule is O=C(CNC(=O)c1ccc(COc2ccc(Cl)cc2Cl)o1)Nc1ccc(Br)cc1. The summed E-state index contributed by atoms with van der Waals surface area (Å²) in [4.78, 5) is 24.1. The second-order valence-electron chi connectivity index (χ2n) is 5.87. The lowest BCUT2D eigenvalue weighted by Gasteiger charge is -2.07. The summed E-state index contributed by atoms with van der Waals surface area (Å²) in [5.74, 6) is 0.0886. The molecule has 2 aromatic carbocycles. The fourth-order valence-electron chi connectivity index (χ4n) is 2.30. The van der Waals surface area contributed by atoms with E-state index >= 15 is 0 Å². The number of carbonyl (C=O) groups is 2. The zero-order valence-corrected chi connectivity index (χ0v) is 18.0. The highest BCUT2D eigenvalue weighted by Crippen LogP contribution is 2.28. The van der Waals surface area contributed by atoms with Gasteiger partial charge in [0.05, 0.1) is 11.6 Å². The number of hydrogen-bond donors (Lipinski definition) is 2. The van der Waals surface area contributed by atoms with E-state index in [1.165, 1.54) is 6.07 Å². The quantitative estimate of drug-likeness (QED) is 0.464. The lowest BCUT2D eigenvalue weighted by Crippen LogP contribution is -2.32. The Morgan fingerprint density at radius 3 is 2.52 bits per heavy atom. The number of hydrogen-bond acceptors (Lipinski definition) is 4. The van der Waals surface area contributed by atoms with Crippen LogP contribution in [0.4, 0.5) is 5.69 Å². The van der Waals surface area contributed by atoms with E-state index in [-0.39, 0.29) is 24.8 Å². The third kappa shape index (κ3) is 6.25. The average Bonchev–Trinajstić information content (AvgIpc) is 3.16. The van der Waals surface area contributed by atoms with Gasteiger partial charge < -0.3 is 19.8 Å². The molecule has 0 radical (unpaired) electrons. The van der Waals surface area contributed by atoms with Crippen molar-refractivity contribution in [3.8, 4) is 5.75 Å². The molecule has 2 N–H and O–H groups in total. The number of benzene rings is 2. The Labute approximate surface area is 185 Å². The van der Waals surface area contributed by atoms with Gasteiger partial charge in [-0.2, -0.15) is 0 Å². The van der Waals surface area contributed by atoms with E-state index in [1.54, 1.807) is 48.5 Å². The third-order valence-electron chi connectivity index (χ3n) is 3.69. The lowest BCUT2D eigenvalue weighted by atomic mass is 10.3. The molecule has 0 unspecified atom stereocenters. The molecule has 0 bridgehead atoms. The summed E-state index contributed by atoms with van der Waals surface area (Å²) >= 11 is 15.2. The summed E-state index contributed by atoms with van der Waals surface area (Å²) in [6.45, 7) is -0.111. The first-order valence-corrected chi connectivity index (χ1v) is 9.96. The molecule has 0 spiro atoms. The van der Waals surface area contributed by atoms with Crippen LogP contribution >= 0.6 is 39.1 Å². The molecule has 3 rings (SSSR count). The minimum atomic E-state index is -0.508. The second kappa shape index (κ2) is 9.82. The molecule has 0 fully saturated rings. The normalized spacial score (nSPS) is 10.4. The van der Waals surface area contributed by atoms with Crippen LogP contribution in [0.3, 0.4) is 0 Å². The zero-order chi connectivity index (χ0) is 20.8. The zero-order valence-electron chi connectivity index (χ0n) is 14.9. The molecular formula is C20H15BrCl2N2O4. The van der Waals surface area contributed by atoms with Gasteiger partial charge in [-0.3, -0.25) is 9.59 Å². The van der Waals surface area contributed by atoms with Gasteiger partial charge in [0.25, 0.3) is 5.91 Å². The van der Waals surface area contributed by atoms with Crippen molar-refractivity contribution in [3.05, 3.63) is 80.6 Å². The first-order valence-electron chi connectivity index (χ1n) is 8.41. The predicted molar refractivity (Wildman–Crippen MR) is 115 cm³/mol. The molecule has 0 aliphatic heterocycles. The lowest BCUT2D eigenvalue weighted by molar-refractivity contribution is -0.115. The van der Waals surface area contributed by atoms with Crippen LogP contribution in [0, 0.1) is 0 Å². The Hall–Kier alpha value is -2.48. The van der Waals surface area contributed by atoms with Crippen molar-refractivity contribution < 1.29 is 18.7 Å². The minimum Gasteiger partial charge on any atom is -0.484 e. The van der Waals surface area contributed by atoms with Gasteiger partial charge in [-0.25, -0.2) is 0 Å². The molecule has 1 heterocycles. The smallest absolute Gasteiger partial charge is 0.287 e. The number of carbonyl (C=O) groups excluding carboxylic acids is 2. The minimum absolute atomic E-state index is 0.0715. The van der Waals surface area contributed by atoms with E-state index < -0.39 is 5.91 Å². The van der Waals surface area contributed by atoms with Crippen molar-refractivity contribution in [1.82, 2.24) is 5.32 Å². The van der Waals surface area contributed by atoms with E-state index in [0.29, 0.717) is 27.2 Å². The van der Waals surface area contributed by atoms with Gasteiger partial charge in [-0.15, -0.1) is 0 Å². The van der Waals surface area contributed by atoms with Crippen molar-refractivity contribution >= 4 is 56.6 Å². The summed E-state index contributed by atoms with van der Waals surface area (Å²) < 4.78 is 11.9. The summed E-state index contributed by atoms with van der Waals surface area (Å²) in [5, 5.41) is 6.06. The van der Waals surface area contributed by atoms with Crippen LogP contribution < -0.4 is 15.4 Å². The monoisotopic (exact) mass is 496 g/mol. The third-order valence-corrected chi connectivity index (χ3v) is 4.75. The van der Waals surface area contributed by atoms with Crippen LogP contribution in [0.15, 0.2) is 63.5 Å². The molecule has 2 amide bonds. The number of rotatable bonds is 7. The van der Waals surface area contributed by atoms with E-state index in [2.05, 4.69) is 26.6 Å². The maximum absolute atomic E-state index is 12.2. The van der Waals surface area contributed by atoms with E-state index in [9.17, 15) is 9.59 Å². The maximum atomic E-state index is 12.2. The summed E-state index contributed by atoms with van der Waals surface area (Å²) in [5.41, 5.74) is 0.630. The van der Waals surface area contributed by atoms with Crippen LogP contribution in [0.1, 0.15) is 16.3 Å². The Morgan fingerprint density at radius 1 is 1.03 bits per heavy atom. The topological polar surface area (TPSA) is 80.6 Å². The van der Waals surface area contributed by atoms with Gasteiger partial charge in [0, 0.05) is 15.2 Å². The number of amides is 2. The molecule has 0 saturated carbocycles. The highest BCUT2D eigenvalue weighted by Gasteiger charge is 2.13. The standard InChI is InChI=1S/C20H15BrCl2N2O4/c21-12-1-4-14(5-2-12)25-19(26)10-24-20(27)18-8-6-15(29-18)11-28-17-7-3-13(22)9-16(17)23/h1-9H,10-11H2,(H,24,27)(H,25,26). The van der Waals surface area contributed by atoms with E-state index in [1.807, 2.05) is 0 Å². The summed E-state index contributed by atoms with van der Waals surface area (Å²) in [7, 11) is 0. The van der Waals surface area contributed by atoms with Crippen molar-refractivity contribution in [2.45, 2.75) is 6.61 Å². The Kier molecular flexibility index (Phi) is 7.19. The largest absolute Gasteiger partial charge is 0.484 e. The molecule has 9 heteroatoms. The molecule has 150 valence electrons. The maximum Gasteiger partial charge on any atom is 0.287 e. The van der Waals surface area contributed by atoms with E-state index in [0.717, 1.165) is 4.47 Å². The van der Waals surface area contributed by atoms with Crippen LogP contribution in [-0.4, -0.2) is 18.4 Å². The van der Waals surface area contributed by atoms with Gasteiger partial charge >= 0.3 is 0 Å². The average molecular weight is 498 g/mol. The van der Waals surface area contributed by atoms with Crippen molar-refractivity contribution in [3.63, 3.8) is 0 Å². The number of halogens is 3. The molecule has 0 atom stereocenters. The Bertz CT molecular complexity index is 1020. The van der Waals surface area contributed by atoms with Crippen LogP contribution in [-0.2, 0) is 11.4 Å². The van der Waals surface area contributed by atoms with E-state index in [4.69, 9.17) is 32.4 Å². The second-order valence-corrected chi connectivity index (χ2v) is 7.63. The molecule has 0 aliphatic rings. The predicted octanol–water partition coefficient (Wildman–Crippen LogP) is 5.30. The molecule has 3 aromatic rings. The van der Waals surface area contributed by atoms with Gasteiger partial charge in [0.1, 0.15) is 18.1 Å². The van der Waals surface area contributed by atoms with Crippen molar-refractivity contribution in [2.75, 3.05) is 11.9 Å². The molecular weight excluding hydrogens is 483 g/mol. The molecule has 1 aromatic heterocycles. The number of furan rings is 1. The van der Waals surface area contributed by atoms with Gasteiger partial charge in [0.15, 0.2) is 5.76 Å². The number of anilines is 1. The summed E-state index contributed by atoms with van der Waals surface area (Å²) in [6.07, 6.45) is 0. The fourth-order valence-corrected chi connectivity index (χ4v) is 3.03. The fraction of sp³-hybridized carbons (Fsp3) is 0.100. The van der Waals surface area contributed by atoms with Gasteiger partial charge in [-0.1, -0.05) is 39.1 Å². The number of ether oxygens (including phenoxy) is 1. The molecule has 6 nitrogen and oxygen atoms in total. The molecule has 29 heavy (non-hydrogen) atoms. The van der Waals surface area contributed by atoms with Gasteiger partial charge in [0.2, 0.25) is 5.91 Å². The molecule has 0 saturated heterocycles. The highest BCUT2D eigenvalue weighted by molar-refractivity contribution is 9.10. The van der Waals surface area contributed by atoms with Crippen LogP contribution in [0.2, 0.25) is 10.0 Å². The highest BCUT2D eigenvalue weighted by atomic mass is 79.9. The first-order chi connectivity index (χ1) is 13.9. The Morgan fingerprint density at radius 2 is 1.79 bits per heavy atom. The van der Waals surface area contributed by atoms with Crippen LogP contribution in [0.25, 0.3) is 0 Å². The Balaban J connectivity index is 1.48. The first kappa shape index (κ1) is 21.2. The van der Waals surface area contributed by atoms with Gasteiger partial charge in [-0.05, 0) is 54.6 Å². The number of nitrogens with one attached hydrogen (secondary N) is 2. The molecule has 0 aliphatic carbocycles. The van der Waals surface area contributed by atoms with Crippen LogP contribution in [0.5, 0.6) is 5.75 Å². The summed E-state index contributed by atoms with van der Waals surface area (Å²) in [6, 6.07) is 15.1. The van der Waals surface area contributed by atoms with Crippen molar-refractivity contribution in [2.24, 2.45) is 0 Å². The van der Waals surface area contributed by atoms with Crippen molar-refractivity contribution in [1.29, 1.82) is 0 Å².